The molecular formula is C14H20N2S. The van der Waals surface area contributed by atoms with Gasteiger partial charge in [0.25, 0.3) is 0 Å². The van der Waals surface area contributed by atoms with Crippen LogP contribution in [0.2, 0.25) is 0 Å². The molecule has 0 amide bonds. The molecule has 0 spiro atoms. The van der Waals surface area contributed by atoms with Crippen LogP contribution in [-0.4, -0.2) is 11.1 Å². The van der Waals surface area contributed by atoms with E-state index >= 15 is 0 Å². The van der Waals surface area contributed by atoms with Crippen LogP contribution in [0.4, 0.5) is 0 Å². The molecule has 0 aliphatic heterocycles. The van der Waals surface area contributed by atoms with Gasteiger partial charge in [-0.25, -0.2) is 0 Å². The second-order valence-electron chi connectivity index (χ2n) is 4.32. The predicted octanol–water partition coefficient (Wildman–Crippen LogP) is 3.29. The van der Waals surface area contributed by atoms with E-state index in [1.54, 1.807) is 11.3 Å². The molecule has 0 bridgehead atoms. The molecule has 2 aromatic heterocycles. The molecule has 1 N–H and O–H groups in total. The Balaban J connectivity index is 1.67. The van der Waals surface area contributed by atoms with Crippen LogP contribution >= 0.6 is 11.3 Å². The molecule has 0 unspecified atom stereocenters. The smallest absolute Gasteiger partial charge is 0.0220 e. The number of nitrogens with one attached hydrogen (secondary N) is 1. The summed E-state index contributed by atoms with van der Waals surface area (Å²) in [6.07, 6.45) is 6.72. The summed E-state index contributed by atoms with van der Waals surface area (Å²) in [5, 5.41) is 7.85. The van der Waals surface area contributed by atoms with Crippen LogP contribution in [0.1, 0.15) is 24.5 Å². The molecule has 2 rings (SSSR count). The molecule has 2 heterocycles. The first kappa shape index (κ1) is 12.4. The molecule has 0 radical (unpaired) electrons. The highest BCUT2D eigenvalue weighted by atomic mass is 32.1. The van der Waals surface area contributed by atoms with E-state index in [9.17, 15) is 0 Å². The van der Waals surface area contributed by atoms with E-state index in [1.165, 1.54) is 17.5 Å². The van der Waals surface area contributed by atoms with E-state index in [0.29, 0.717) is 0 Å². The van der Waals surface area contributed by atoms with Crippen molar-refractivity contribution < 1.29 is 0 Å². The molecular weight excluding hydrogens is 228 g/mol. The van der Waals surface area contributed by atoms with Crippen molar-refractivity contribution in [2.24, 2.45) is 0 Å². The fraction of sp³-hybridized carbons (Fsp3) is 0.429. The van der Waals surface area contributed by atoms with Crippen molar-refractivity contribution in [2.75, 3.05) is 6.54 Å². The molecule has 0 atom stereocenters. The third-order valence-corrected chi connectivity index (χ3v) is 3.53. The van der Waals surface area contributed by atoms with Crippen LogP contribution in [0.25, 0.3) is 0 Å². The molecule has 0 saturated carbocycles. The summed E-state index contributed by atoms with van der Waals surface area (Å²) in [5.74, 6) is 0. The van der Waals surface area contributed by atoms with E-state index in [1.807, 2.05) is 0 Å². The second-order valence-corrected chi connectivity index (χ2v) is 5.10. The van der Waals surface area contributed by atoms with Gasteiger partial charge in [-0.2, -0.15) is 11.3 Å². The van der Waals surface area contributed by atoms with Crippen LogP contribution in [0, 0.1) is 0 Å². The Morgan fingerprint density at radius 2 is 2.24 bits per heavy atom. The van der Waals surface area contributed by atoms with Gasteiger partial charge in [0.2, 0.25) is 0 Å². The number of thiophene rings is 1. The van der Waals surface area contributed by atoms with Gasteiger partial charge < -0.3 is 9.88 Å². The lowest BCUT2D eigenvalue weighted by molar-refractivity contribution is 0.667. The van der Waals surface area contributed by atoms with Gasteiger partial charge in [-0.05, 0) is 53.4 Å². The van der Waals surface area contributed by atoms with Crippen molar-refractivity contribution in [1.82, 2.24) is 9.88 Å². The van der Waals surface area contributed by atoms with Crippen LogP contribution < -0.4 is 5.32 Å². The summed E-state index contributed by atoms with van der Waals surface area (Å²) in [4.78, 5) is 0. The molecule has 3 heteroatoms. The standard InChI is InChI=1S/C14H20N2S/c1-2-7-16-8-4-14(11-16)10-15-6-3-13-5-9-17-12-13/h4-5,8-9,11-12,15H,2-3,6-7,10H2,1H3. The number of nitrogens with zero attached hydrogens (tertiary/aromatic N) is 1. The topological polar surface area (TPSA) is 17.0 Å². The predicted molar refractivity (Wildman–Crippen MR) is 74.5 cm³/mol. The Bertz CT molecular complexity index is 417. The Hall–Kier alpha value is -1.06. The summed E-state index contributed by atoms with van der Waals surface area (Å²) in [6.45, 7) is 5.35. The zero-order valence-corrected chi connectivity index (χ0v) is 11.2. The third kappa shape index (κ3) is 4.02. The minimum atomic E-state index is 0.973. The van der Waals surface area contributed by atoms with E-state index < -0.39 is 0 Å². The fourth-order valence-electron chi connectivity index (χ4n) is 1.89. The maximum Gasteiger partial charge on any atom is 0.0220 e. The first-order valence-corrected chi connectivity index (χ1v) is 7.19. The highest BCUT2D eigenvalue weighted by molar-refractivity contribution is 7.07. The minimum Gasteiger partial charge on any atom is -0.354 e. The highest BCUT2D eigenvalue weighted by Crippen LogP contribution is 2.06. The summed E-state index contributed by atoms with van der Waals surface area (Å²) >= 11 is 1.77. The summed E-state index contributed by atoms with van der Waals surface area (Å²) in [6, 6.07) is 4.40. The van der Waals surface area contributed by atoms with Crippen LogP contribution in [0.15, 0.2) is 35.3 Å². The van der Waals surface area contributed by atoms with Crippen molar-refractivity contribution in [1.29, 1.82) is 0 Å². The Kier molecular flexibility index (Phi) is 4.83. The van der Waals surface area contributed by atoms with Crippen LogP contribution in [-0.2, 0) is 19.5 Å². The zero-order valence-electron chi connectivity index (χ0n) is 10.4. The molecule has 17 heavy (non-hydrogen) atoms. The quantitative estimate of drug-likeness (QED) is 0.744. The van der Waals surface area contributed by atoms with Crippen molar-refractivity contribution >= 4 is 11.3 Å². The highest BCUT2D eigenvalue weighted by Gasteiger charge is 1.97. The lowest BCUT2D eigenvalue weighted by Crippen LogP contribution is -2.16. The largest absolute Gasteiger partial charge is 0.354 e. The normalized spacial score (nSPS) is 10.9. The number of hydrogen-bond donors (Lipinski definition) is 1. The molecule has 0 aromatic carbocycles. The zero-order chi connectivity index (χ0) is 11.9. The fourth-order valence-corrected chi connectivity index (χ4v) is 2.60. The number of aromatic nitrogens is 1. The first-order valence-electron chi connectivity index (χ1n) is 6.25. The van der Waals surface area contributed by atoms with Gasteiger partial charge in [0, 0.05) is 25.5 Å². The average Bonchev–Trinajstić information content (AvgIpc) is 2.96. The first-order chi connectivity index (χ1) is 8.38. The molecule has 0 aliphatic carbocycles. The van der Waals surface area contributed by atoms with E-state index in [2.05, 4.69) is 52.1 Å². The lowest BCUT2D eigenvalue weighted by Gasteiger charge is -2.02. The lowest BCUT2D eigenvalue weighted by atomic mass is 10.2. The molecule has 0 aliphatic rings. The Labute approximate surface area is 107 Å². The van der Waals surface area contributed by atoms with Crippen LogP contribution in [0.3, 0.4) is 0 Å². The van der Waals surface area contributed by atoms with Crippen molar-refractivity contribution in [3.63, 3.8) is 0 Å². The van der Waals surface area contributed by atoms with Gasteiger partial charge >= 0.3 is 0 Å². The van der Waals surface area contributed by atoms with Gasteiger partial charge in [0.15, 0.2) is 0 Å². The average molecular weight is 248 g/mol. The van der Waals surface area contributed by atoms with Gasteiger partial charge in [-0.15, -0.1) is 0 Å². The Morgan fingerprint density at radius 1 is 1.29 bits per heavy atom. The number of aryl methyl sites for hydroxylation is 1. The minimum absolute atomic E-state index is 0.973. The van der Waals surface area contributed by atoms with Crippen molar-refractivity contribution in [3.8, 4) is 0 Å². The second kappa shape index (κ2) is 6.62. The van der Waals surface area contributed by atoms with Gasteiger partial charge in [0.1, 0.15) is 0 Å². The maximum atomic E-state index is 3.49. The van der Waals surface area contributed by atoms with Gasteiger partial charge in [-0.3, -0.25) is 0 Å². The van der Waals surface area contributed by atoms with Crippen LogP contribution in [0.5, 0.6) is 0 Å². The maximum absolute atomic E-state index is 3.49. The Morgan fingerprint density at radius 3 is 3.00 bits per heavy atom. The monoisotopic (exact) mass is 248 g/mol. The third-order valence-electron chi connectivity index (χ3n) is 2.79. The van der Waals surface area contributed by atoms with Gasteiger partial charge in [-0.1, -0.05) is 6.92 Å². The van der Waals surface area contributed by atoms with E-state index in [0.717, 1.165) is 26.1 Å². The molecule has 0 fully saturated rings. The summed E-state index contributed by atoms with van der Waals surface area (Å²) < 4.78 is 2.26. The summed E-state index contributed by atoms with van der Waals surface area (Å²) in [5.41, 5.74) is 2.81. The molecule has 92 valence electrons. The SMILES string of the molecule is CCCn1ccc(CNCCc2ccsc2)c1. The number of rotatable bonds is 7. The molecule has 2 aromatic rings. The van der Waals surface area contributed by atoms with E-state index in [-0.39, 0.29) is 0 Å². The van der Waals surface area contributed by atoms with Crippen molar-refractivity contribution in [3.05, 3.63) is 46.4 Å². The molecule has 0 saturated heterocycles. The van der Waals surface area contributed by atoms with Crippen molar-refractivity contribution in [2.45, 2.75) is 32.9 Å². The molecule has 2 nitrogen and oxygen atoms in total. The number of hydrogen-bond acceptors (Lipinski definition) is 2. The van der Waals surface area contributed by atoms with Gasteiger partial charge in [0.05, 0.1) is 0 Å². The summed E-state index contributed by atoms with van der Waals surface area (Å²) in [7, 11) is 0. The van der Waals surface area contributed by atoms with E-state index in [4.69, 9.17) is 0 Å².